The lowest BCUT2D eigenvalue weighted by Gasteiger charge is -2.07. The number of carboxylic acids is 1. The predicted molar refractivity (Wildman–Crippen MR) is 58.9 cm³/mol. The van der Waals surface area contributed by atoms with Crippen molar-refractivity contribution < 1.29 is 19.5 Å². The van der Waals surface area contributed by atoms with E-state index in [9.17, 15) is 14.4 Å². The number of thiophene rings is 1. The van der Waals surface area contributed by atoms with Gasteiger partial charge in [0.2, 0.25) is 0 Å². The Balaban J connectivity index is 2.73. The monoisotopic (exact) mass is 241 g/mol. The van der Waals surface area contributed by atoms with Crippen molar-refractivity contribution in [3.8, 4) is 0 Å². The van der Waals surface area contributed by atoms with Crippen molar-refractivity contribution in [1.29, 1.82) is 0 Å². The van der Waals surface area contributed by atoms with Gasteiger partial charge in [-0.15, -0.1) is 11.3 Å². The molecule has 1 aromatic heterocycles. The molecule has 1 heterocycles. The number of nitrogens with one attached hydrogen (secondary N) is 1. The lowest BCUT2D eigenvalue weighted by atomic mass is 10.3. The summed E-state index contributed by atoms with van der Waals surface area (Å²) in [6.45, 7) is 2.78. The molecule has 0 saturated heterocycles. The Morgan fingerprint density at radius 2 is 1.88 bits per heavy atom. The van der Waals surface area contributed by atoms with Crippen LogP contribution in [0.1, 0.15) is 33.2 Å². The van der Waals surface area contributed by atoms with E-state index in [1.165, 1.54) is 19.9 Å². The summed E-state index contributed by atoms with van der Waals surface area (Å²) in [7, 11) is 0. The van der Waals surface area contributed by atoms with Gasteiger partial charge in [-0.1, -0.05) is 0 Å². The number of carboxylic acid groups (broad SMARTS) is 1. The van der Waals surface area contributed by atoms with Crippen LogP contribution in [-0.2, 0) is 4.79 Å². The van der Waals surface area contributed by atoms with Crippen LogP contribution >= 0.6 is 11.3 Å². The minimum atomic E-state index is -1.10. The maximum atomic E-state index is 11.5. The molecule has 0 radical (unpaired) electrons. The average Bonchev–Trinajstić information content (AvgIpc) is 2.65. The summed E-state index contributed by atoms with van der Waals surface area (Å²) in [5.41, 5.74) is 0. The van der Waals surface area contributed by atoms with Crippen molar-refractivity contribution in [2.75, 3.05) is 0 Å². The molecule has 0 aliphatic carbocycles. The van der Waals surface area contributed by atoms with Gasteiger partial charge in [0.05, 0.1) is 9.75 Å². The van der Waals surface area contributed by atoms with Crippen molar-refractivity contribution >= 4 is 29.0 Å². The first-order valence-corrected chi connectivity index (χ1v) is 5.38. The standard InChI is InChI=1S/C10H11NO4S/c1-5(10(14)15)11-9(13)8-4-3-7(16-8)6(2)12/h3-5H,1-2H3,(H,11,13)(H,14,15)/t5-/m1/s1. The third-order valence-corrected chi connectivity index (χ3v) is 3.08. The first-order valence-electron chi connectivity index (χ1n) is 4.56. The van der Waals surface area contributed by atoms with E-state index >= 15 is 0 Å². The van der Waals surface area contributed by atoms with Crippen molar-refractivity contribution in [1.82, 2.24) is 5.32 Å². The SMILES string of the molecule is CC(=O)c1ccc(C(=O)N[C@H](C)C(=O)O)s1. The molecule has 0 aromatic carbocycles. The Labute approximate surface area is 96.1 Å². The van der Waals surface area contributed by atoms with Crippen LogP contribution in [0.25, 0.3) is 0 Å². The van der Waals surface area contributed by atoms with E-state index in [1.54, 1.807) is 6.07 Å². The van der Waals surface area contributed by atoms with E-state index in [-0.39, 0.29) is 5.78 Å². The van der Waals surface area contributed by atoms with Gasteiger partial charge < -0.3 is 10.4 Å². The first kappa shape index (κ1) is 12.4. The Bertz CT molecular complexity index is 438. The molecule has 1 aromatic rings. The molecule has 1 rings (SSSR count). The highest BCUT2D eigenvalue weighted by Gasteiger charge is 2.17. The van der Waals surface area contributed by atoms with Crippen LogP contribution in [0, 0.1) is 0 Å². The highest BCUT2D eigenvalue weighted by Crippen LogP contribution is 2.16. The molecule has 6 heteroatoms. The molecule has 2 N–H and O–H groups in total. The van der Waals surface area contributed by atoms with Crippen LogP contribution in [0.15, 0.2) is 12.1 Å². The zero-order chi connectivity index (χ0) is 12.3. The molecule has 16 heavy (non-hydrogen) atoms. The van der Waals surface area contributed by atoms with Gasteiger partial charge in [0.15, 0.2) is 5.78 Å². The summed E-state index contributed by atoms with van der Waals surface area (Å²) in [4.78, 5) is 33.8. The number of rotatable bonds is 4. The van der Waals surface area contributed by atoms with Gasteiger partial charge in [-0.2, -0.15) is 0 Å². The molecule has 5 nitrogen and oxygen atoms in total. The summed E-state index contributed by atoms with van der Waals surface area (Å²) >= 11 is 1.05. The minimum Gasteiger partial charge on any atom is -0.480 e. The van der Waals surface area contributed by atoms with Crippen LogP contribution < -0.4 is 5.32 Å². The lowest BCUT2D eigenvalue weighted by Crippen LogP contribution is -2.37. The number of carbonyl (C=O) groups is 3. The average molecular weight is 241 g/mol. The number of hydrogen-bond donors (Lipinski definition) is 2. The molecular formula is C10H11NO4S. The second-order valence-corrected chi connectivity index (χ2v) is 4.34. The van der Waals surface area contributed by atoms with E-state index in [4.69, 9.17) is 5.11 Å². The van der Waals surface area contributed by atoms with Crippen LogP contribution in [0.2, 0.25) is 0 Å². The highest BCUT2D eigenvalue weighted by molar-refractivity contribution is 7.15. The first-order chi connectivity index (χ1) is 7.41. The van der Waals surface area contributed by atoms with E-state index in [1.807, 2.05) is 0 Å². The van der Waals surface area contributed by atoms with Crippen molar-refractivity contribution in [2.24, 2.45) is 0 Å². The minimum absolute atomic E-state index is 0.115. The fourth-order valence-electron chi connectivity index (χ4n) is 0.979. The molecule has 86 valence electrons. The van der Waals surface area contributed by atoms with Crippen molar-refractivity contribution in [3.63, 3.8) is 0 Å². The smallest absolute Gasteiger partial charge is 0.325 e. The number of ketones is 1. The molecule has 0 unspecified atom stereocenters. The summed E-state index contributed by atoms with van der Waals surface area (Å²) in [5, 5.41) is 10.9. The number of carbonyl (C=O) groups excluding carboxylic acids is 2. The molecule has 0 bridgehead atoms. The van der Waals surface area contributed by atoms with E-state index in [2.05, 4.69) is 5.32 Å². The number of Topliss-reactive ketones (excluding diaryl/α,β-unsaturated/α-hetero) is 1. The van der Waals surface area contributed by atoms with Crippen LogP contribution in [-0.4, -0.2) is 28.8 Å². The van der Waals surface area contributed by atoms with Crippen LogP contribution in [0.4, 0.5) is 0 Å². The van der Waals surface area contributed by atoms with E-state index in [0.29, 0.717) is 9.75 Å². The lowest BCUT2D eigenvalue weighted by molar-refractivity contribution is -0.138. The Morgan fingerprint density at radius 3 is 2.31 bits per heavy atom. The molecule has 0 fully saturated rings. The van der Waals surface area contributed by atoms with Gasteiger partial charge in [0, 0.05) is 0 Å². The maximum absolute atomic E-state index is 11.5. The number of hydrogen-bond acceptors (Lipinski definition) is 4. The normalized spacial score (nSPS) is 11.9. The zero-order valence-electron chi connectivity index (χ0n) is 8.81. The van der Waals surface area contributed by atoms with Gasteiger partial charge in [0.25, 0.3) is 5.91 Å². The summed E-state index contributed by atoms with van der Waals surface area (Å²) in [6, 6.07) is 2.11. The molecule has 0 aliphatic heterocycles. The van der Waals surface area contributed by atoms with Crippen molar-refractivity contribution in [3.05, 3.63) is 21.9 Å². The third kappa shape index (κ3) is 2.90. The molecule has 1 atom stereocenters. The second-order valence-electron chi connectivity index (χ2n) is 3.25. The Hall–Kier alpha value is -1.69. The fraction of sp³-hybridized carbons (Fsp3) is 0.300. The van der Waals surface area contributed by atoms with Crippen LogP contribution in [0.3, 0.4) is 0 Å². The number of amides is 1. The van der Waals surface area contributed by atoms with Gasteiger partial charge in [-0.3, -0.25) is 14.4 Å². The quantitative estimate of drug-likeness (QED) is 0.775. The predicted octanol–water partition coefficient (Wildman–Crippen LogP) is 1.15. The van der Waals surface area contributed by atoms with Crippen LogP contribution in [0.5, 0.6) is 0 Å². The Morgan fingerprint density at radius 1 is 1.31 bits per heavy atom. The summed E-state index contributed by atoms with van der Waals surface area (Å²) in [5.74, 6) is -1.69. The number of aliphatic carboxylic acids is 1. The fourth-order valence-corrected chi connectivity index (χ4v) is 1.78. The molecule has 0 spiro atoms. The van der Waals surface area contributed by atoms with Gasteiger partial charge in [-0.05, 0) is 26.0 Å². The summed E-state index contributed by atoms with van der Waals surface area (Å²) in [6.07, 6.45) is 0. The van der Waals surface area contributed by atoms with Crippen molar-refractivity contribution in [2.45, 2.75) is 19.9 Å². The largest absolute Gasteiger partial charge is 0.480 e. The topological polar surface area (TPSA) is 83.5 Å². The molecule has 1 amide bonds. The van der Waals surface area contributed by atoms with Gasteiger partial charge in [0.1, 0.15) is 6.04 Å². The molecular weight excluding hydrogens is 230 g/mol. The summed E-state index contributed by atoms with van der Waals surface area (Å²) < 4.78 is 0. The van der Waals surface area contributed by atoms with Gasteiger partial charge >= 0.3 is 5.97 Å². The van der Waals surface area contributed by atoms with E-state index in [0.717, 1.165) is 11.3 Å². The molecule has 0 aliphatic rings. The zero-order valence-corrected chi connectivity index (χ0v) is 9.63. The highest BCUT2D eigenvalue weighted by atomic mass is 32.1. The maximum Gasteiger partial charge on any atom is 0.325 e. The second kappa shape index (κ2) is 4.89. The third-order valence-electron chi connectivity index (χ3n) is 1.89. The molecule has 0 saturated carbocycles. The van der Waals surface area contributed by atoms with Gasteiger partial charge in [-0.25, -0.2) is 0 Å². The Kier molecular flexibility index (Phi) is 3.78. The van der Waals surface area contributed by atoms with E-state index < -0.39 is 17.9 Å².